The number of hydrogen-bond donors (Lipinski definition) is 2. The van der Waals surface area contributed by atoms with Crippen molar-refractivity contribution in [3.05, 3.63) is 28.2 Å². The molecule has 0 saturated heterocycles. The zero-order valence-corrected chi connectivity index (χ0v) is 12.9. The molecule has 8 nitrogen and oxygen atoms in total. The fourth-order valence-corrected chi connectivity index (χ4v) is 3.50. The van der Waals surface area contributed by atoms with Crippen LogP contribution in [0.5, 0.6) is 0 Å². The molecule has 2 N–H and O–H groups in total. The first-order chi connectivity index (χ1) is 9.42. The summed E-state index contributed by atoms with van der Waals surface area (Å²) in [5.74, 6) is 1.01. The Hall–Kier alpha value is -1.23. The minimum atomic E-state index is -3.73. The van der Waals surface area contributed by atoms with E-state index in [2.05, 4.69) is 30.8 Å². The Morgan fingerprint density at radius 3 is 2.80 bits per heavy atom. The Bertz CT molecular complexity index is 694. The van der Waals surface area contributed by atoms with Crippen molar-refractivity contribution in [1.29, 1.82) is 0 Å². The van der Waals surface area contributed by atoms with Gasteiger partial charge in [-0.2, -0.15) is 4.98 Å². The van der Waals surface area contributed by atoms with E-state index < -0.39 is 10.0 Å². The second-order valence-electron chi connectivity index (χ2n) is 3.89. The second-order valence-corrected chi connectivity index (χ2v) is 6.34. The average molecular weight is 366 g/mol. The first-order valence-electron chi connectivity index (χ1n) is 5.60. The van der Waals surface area contributed by atoms with Gasteiger partial charge in [-0.15, -0.1) is 0 Å². The fourth-order valence-electron chi connectivity index (χ4n) is 1.48. The van der Waals surface area contributed by atoms with Gasteiger partial charge in [0, 0.05) is 26.0 Å². The van der Waals surface area contributed by atoms with Crippen LogP contribution < -0.4 is 4.72 Å². The van der Waals surface area contributed by atoms with Crippen LogP contribution >= 0.6 is 15.9 Å². The molecule has 0 aliphatic heterocycles. The average Bonchev–Trinajstić information content (AvgIpc) is 2.95. The lowest BCUT2D eigenvalue weighted by Gasteiger charge is -2.03. The van der Waals surface area contributed by atoms with Crippen molar-refractivity contribution in [3.63, 3.8) is 0 Å². The number of rotatable bonds is 6. The molecule has 0 radical (unpaired) electrons. The molecule has 0 aliphatic carbocycles. The van der Waals surface area contributed by atoms with Crippen LogP contribution in [0.1, 0.15) is 17.5 Å². The predicted molar refractivity (Wildman–Crippen MR) is 70.3 cm³/mol. The van der Waals surface area contributed by atoms with Crippen molar-refractivity contribution in [1.82, 2.24) is 14.9 Å². The molecule has 2 heterocycles. The number of aryl methyl sites for hydroxylation is 1. The summed E-state index contributed by atoms with van der Waals surface area (Å²) in [7, 11) is -3.73. The highest BCUT2D eigenvalue weighted by molar-refractivity contribution is 9.10. The molecule has 0 fully saturated rings. The molecule has 0 aliphatic rings. The Morgan fingerprint density at radius 1 is 1.50 bits per heavy atom. The zero-order chi connectivity index (χ0) is 14.8. The van der Waals surface area contributed by atoms with Gasteiger partial charge in [-0.25, -0.2) is 13.1 Å². The summed E-state index contributed by atoms with van der Waals surface area (Å²) in [4.78, 5) is 3.90. The van der Waals surface area contributed by atoms with Gasteiger partial charge in [0.05, 0.1) is 0 Å². The van der Waals surface area contributed by atoms with Gasteiger partial charge in [-0.1, -0.05) is 5.16 Å². The van der Waals surface area contributed by atoms with E-state index in [4.69, 9.17) is 14.0 Å². The lowest BCUT2D eigenvalue weighted by molar-refractivity contribution is 0.245. The van der Waals surface area contributed by atoms with Crippen LogP contribution in [0.15, 0.2) is 24.6 Å². The number of aliphatic hydroxyl groups is 1. The number of aliphatic hydroxyl groups excluding tert-OH is 1. The maximum atomic E-state index is 12.0. The van der Waals surface area contributed by atoms with Gasteiger partial charge in [0.2, 0.25) is 15.9 Å². The molecule has 0 amide bonds. The van der Waals surface area contributed by atoms with Crippen molar-refractivity contribution >= 4 is 26.0 Å². The van der Waals surface area contributed by atoms with E-state index in [0.717, 1.165) is 0 Å². The standard InChI is InChI=1S/C10H12BrN3O5S/c1-6-13-9(14-19-6)2-3-12-20(16,17)8-4-7(5-15)18-10(8)11/h4,12,15H,2-3,5H2,1H3. The number of nitrogens with one attached hydrogen (secondary N) is 1. The summed E-state index contributed by atoms with van der Waals surface area (Å²) in [5.41, 5.74) is 0. The van der Waals surface area contributed by atoms with Crippen LogP contribution in [0, 0.1) is 6.92 Å². The highest BCUT2D eigenvalue weighted by atomic mass is 79.9. The predicted octanol–water partition coefficient (Wildman–Crippen LogP) is 0.747. The van der Waals surface area contributed by atoms with Crippen LogP contribution in [0.3, 0.4) is 0 Å². The van der Waals surface area contributed by atoms with Gasteiger partial charge in [-0.3, -0.25) is 0 Å². The van der Waals surface area contributed by atoms with E-state index in [9.17, 15) is 8.42 Å². The van der Waals surface area contributed by atoms with Gasteiger partial charge in [0.25, 0.3) is 0 Å². The summed E-state index contributed by atoms with van der Waals surface area (Å²) in [6, 6.07) is 1.25. The molecule has 0 spiro atoms. The second kappa shape index (κ2) is 6.04. The summed E-state index contributed by atoms with van der Waals surface area (Å²) < 4.78 is 36.3. The van der Waals surface area contributed by atoms with Crippen molar-refractivity contribution in [2.75, 3.05) is 6.54 Å². The van der Waals surface area contributed by atoms with Gasteiger partial charge in [0.1, 0.15) is 17.3 Å². The van der Waals surface area contributed by atoms with Gasteiger partial charge in [0.15, 0.2) is 10.5 Å². The molecule has 0 atom stereocenters. The molecule has 0 bridgehead atoms. The number of halogens is 1. The van der Waals surface area contributed by atoms with Crippen LogP contribution in [0.4, 0.5) is 0 Å². The Kier molecular flexibility index (Phi) is 4.58. The monoisotopic (exact) mass is 365 g/mol. The SMILES string of the molecule is Cc1nc(CCNS(=O)(=O)c2cc(CO)oc2Br)no1. The molecule has 0 unspecified atom stereocenters. The summed E-state index contributed by atoms with van der Waals surface area (Å²) in [6.45, 7) is 1.39. The quantitative estimate of drug-likeness (QED) is 0.774. The summed E-state index contributed by atoms with van der Waals surface area (Å²) >= 11 is 3.00. The smallest absolute Gasteiger partial charge is 0.244 e. The van der Waals surface area contributed by atoms with Crippen LogP contribution in [-0.2, 0) is 23.1 Å². The minimum Gasteiger partial charge on any atom is -0.450 e. The molecule has 20 heavy (non-hydrogen) atoms. The third-order valence-electron chi connectivity index (χ3n) is 2.36. The molecule has 2 rings (SSSR count). The summed E-state index contributed by atoms with van der Waals surface area (Å²) in [6.07, 6.45) is 0.304. The highest BCUT2D eigenvalue weighted by Gasteiger charge is 2.22. The number of aromatic nitrogens is 2. The minimum absolute atomic E-state index is 0.0458. The maximum absolute atomic E-state index is 12.0. The van der Waals surface area contributed by atoms with E-state index in [1.54, 1.807) is 6.92 Å². The normalized spacial score (nSPS) is 11.9. The first kappa shape index (κ1) is 15.2. The van der Waals surface area contributed by atoms with Gasteiger partial charge < -0.3 is 14.0 Å². The van der Waals surface area contributed by atoms with Gasteiger partial charge in [-0.05, 0) is 15.9 Å². The van der Waals surface area contributed by atoms with E-state index in [-0.39, 0.29) is 28.5 Å². The number of furan rings is 1. The largest absolute Gasteiger partial charge is 0.450 e. The zero-order valence-electron chi connectivity index (χ0n) is 10.5. The van der Waals surface area contributed by atoms with Crippen LogP contribution in [-0.4, -0.2) is 30.2 Å². The van der Waals surface area contributed by atoms with Crippen LogP contribution in [0.2, 0.25) is 0 Å². The molecular formula is C10H12BrN3O5S. The topological polar surface area (TPSA) is 118 Å². The van der Waals surface area contributed by atoms with E-state index in [1.165, 1.54) is 6.07 Å². The third-order valence-corrected chi connectivity index (χ3v) is 4.68. The molecular weight excluding hydrogens is 354 g/mol. The number of sulfonamides is 1. The molecule has 2 aromatic heterocycles. The molecule has 0 saturated carbocycles. The van der Waals surface area contributed by atoms with Crippen molar-refractivity contribution in [3.8, 4) is 0 Å². The van der Waals surface area contributed by atoms with Gasteiger partial charge >= 0.3 is 0 Å². The lowest BCUT2D eigenvalue weighted by atomic mass is 10.4. The highest BCUT2D eigenvalue weighted by Crippen LogP contribution is 2.25. The Balaban J connectivity index is 2.01. The Labute approximate surface area is 123 Å². The molecule has 0 aromatic carbocycles. The first-order valence-corrected chi connectivity index (χ1v) is 7.88. The fraction of sp³-hybridized carbons (Fsp3) is 0.400. The summed E-state index contributed by atoms with van der Waals surface area (Å²) in [5, 5.41) is 12.6. The maximum Gasteiger partial charge on any atom is 0.244 e. The third kappa shape index (κ3) is 3.45. The van der Waals surface area contributed by atoms with Crippen molar-refractivity contribution in [2.24, 2.45) is 0 Å². The van der Waals surface area contributed by atoms with E-state index in [1.807, 2.05) is 0 Å². The van der Waals surface area contributed by atoms with Crippen LogP contribution in [0.25, 0.3) is 0 Å². The van der Waals surface area contributed by atoms with E-state index in [0.29, 0.717) is 18.1 Å². The molecule has 110 valence electrons. The molecule has 2 aromatic rings. The number of hydrogen-bond acceptors (Lipinski definition) is 7. The van der Waals surface area contributed by atoms with E-state index >= 15 is 0 Å². The van der Waals surface area contributed by atoms with Crippen molar-refractivity contribution < 1.29 is 22.5 Å². The van der Waals surface area contributed by atoms with Crippen molar-refractivity contribution in [2.45, 2.75) is 24.8 Å². The molecule has 10 heteroatoms. The number of nitrogens with zero attached hydrogens (tertiary/aromatic N) is 2. The Morgan fingerprint density at radius 2 is 2.25 bits per heavy atom. The lowest BCUT2D eigenvalue weighted by Crippen LogP contribution is -2.26.